The fourth-order valence-electron chi connectivity index (χ4n) is 8.89. The van der Waals surface area contributed by atoms with Crippen molar-refractivity contribution in [3.05, 3.63) is 101 Å². The average Bonchev–Trinajstić information content (AvgIpc) is 3.04. The number of nitrogens with zero attached hydrogens (tertiary/aromatic N) is 2. The van der Waals surface area contributed by atoms with Crippen LogP contribution in [0.15, 0.2) is 78.9 Å². The molecule has 2 unspecified atom stereocenters. The zero-order chi connectivity index (χ0) is 34.1. The van der Waals surface area contributed by atoms with E-state index in [0.29, 0.717) is 10.7 Å². The number of anilines is 1. The molecular formula is C39H48ClN3O4S. The third-order valence-corrected chi connectivity index (χ3v) is 12.4. The molecule has 4 fully saturated rings. The minimum Gasteiger partial charge on any atom is -0.352 e. The molecule has 7 rings (SSSR count). The van der Waals surface area contributed by atoms with Gasteiger partial charge in [0.1, 0.15) is 12.6 Å². The first-order chi connectivity index (χ1) is 22.9. The topological polar surface area (TPSA) is 86.8 Å². The average molecular weight is 690 g/mol. The van der Waals surface area contributed by atoms with Crippen LogP contribution in [-0.4, -0.2) is 50.0 Å². The van der Waals surface area contributed by atoms with E-state index in [2.05, 4.69) is 17.4 Å². The van der Waals surface area contributed by atoms with Crippen molar-refractivity contribution in [1.29, 1.82) is 0 Å². The van der Waals surface area contributed by atoms with Gasteiger partial charge in [0.2, 0.25) is 21.8 Å². The molecule has 7 nitrogen and oxygen atoms in total. The first-order valence-electron chi connectivity index (χ1n) is 17.4. The summed E-state index contributed by atoms with van der Waals surface area (Å²) >= 11 is 6.33. The predicted octanol–water partition coefficient (Wildman–Crippen LogP) is 7.13. The molecule has 0 aromatic heterocycles. The lowest BCUT2D eigenvalue weighted by Gasteiger charge is -2.57. The van der Waals surface area contributed by atoms with Crippen LogP contribution in [0.1, 0.15) is 75.5 Å². The standard InChI is InChI=1S/C39H48ClN3O4S/c1-4-27(2)41-38(45)36(21-28-9-6-5-7-10-28)42(25-29-11-8-12-34(40)20-29)37(44)26-43(48(3,46)47)35-15-13-33(14-16-35)39-22-30-17-31(23-39)19-32(18-30)24-39/h5-16,20,27,30-32,36H,4,17-19,21-26H2,1-3H3,(H,41,45). The molecule has 4 bridgehead atoms. The molecule has 2 atom stereocenters. The second-order valence-electron chi connectivity index (χ2n) is 14.7. The fourth-order valence-corrected chi connectivity index (χ4v) is 9.95. The van der Waals surface area contributed by atoms with Crippen molar-refractivity contribution in [3.63, 3.8) is 0 Å². The molecule has 3 aromatic rings. The Morgan fingerprint density at radius 1 is 0.896 bits per heavy atom. The number of nitrogens with one attached hydrogen (secondary N) is 1. The van der Waals surface area contributed by atoms with Gasteiger partial charge in [-0.15, -0.1) is 0 Å². The Morgan fingerprint density at radius 3 is 2.06 bits per heavy atom. The van der Waals surface area contributed by atoms with Gasteiger partial charge >= 0.3 is 0 Å². The van der Waals surface area contributed by atoms with Gasteiger partial charge in [-0.2, -0.15) is 0 Å². The third-order valence-electron chi connectivity index (χ3n) is 11.0. The molecule has 4 saturated carbocycles. The number of carbonyl (C=O) groups excluding carboxylic acids is 2. The fraction of sp³-hybridized carbons (Fsp3) is 0.487. The zero-order valence-corrected chi connectivity index (χ0v) is 29.8. The van der Waals surface area contributed by atoms with Gasteiger partial charge in [-0.05, 0) is 116 Å². The van der Waals surface area contributed by atoms with Crippen LogP contribution in [0, 0.1) is 17.8 Å². The van der Waals surface area contributed by atoms with Crippen LogP contribution in [0.25, 0.3) is 0 Å². The van der Waals surface area contributed by atoms with E-state index in [1.165, 1.54) is 53.3 Å². The maximum Gasteiger partial charge on any atom is 0.244 e. The second-order valence-corrected chi connectivity index (χ2v) is 17.0. The minimum atomic E-state index is -3.85. The molecule has 0 spiro atoms. The highest BCUT2D eigenvalue weighted by molar-refractivity contribution is 7.92. The Hall–Kier alpha value is -3.36. The number of amides is 2. The minimum absolute atomic E-state index is 0.0907. The molecule has 4 aliphatic carbocycles. The van der Waals surface area contributed by atoms with E-state index in [0.717, 1.165) is 41.6 Å². The van der Waals surface area contributed by atoms with E-state index in [1.807, 2.05) is 62.4 Å². The summed E-state index contributed by atoms with van der Waals surface area (Å²) in [4.78, 5) is 29.9. The Bertz CT molecular complexity index is 1680. The summed E-state index contributed by atoms with van der Waals surface area (Å²) < 4.78 is 27.9. The lowest BCUT2D eigenvalue weighted by Crippen LogP contribution is -2.54. The lowest BCUT2D eigenvalue weighted by molar-refractivity contribution is -0.140. The summed E-state index contributed by atoms with van der Waals surface area (Å²) in [5, 5.41) is 3.58. The summed E-state index contributed by atoms with van der Waals surface area (Å²) in [7, 11) is -3.85. The highest BCUT2D eigenvalue weighted by atomic mass is 35.5. The van der Waals surface area contributed by atoms with Crippen molar-refractivity contribution in [2.45, 2.75) is 89.3 Å². The summed E-state index contributed by atoms with van der Waals surface area (Å²) in [5.74, 6) is 1.65. The van der Waals surface area contributed by atoms with Crippen molar-refractivity contribution in [1.82, 2.24) is 10.2 Å². The smallest absolute Gasteiger partial charge is 0.244 e. The number of hydrogen-bond acceptors (Lipinski definition) is 4. The predicted molar refractivity (Wildman–Crippen MR) is 192 cm³/mol. The van der Waals surface area contributed by atoms with Crippen LogP contribution in [0.4, 0.5) is 5.69 Å². The molecule has 2 amide bonds. The quantitative estimate of drug-likeness (QED) is 0.207. The third kappa shape index (κ3) is 7.76. The molecule has 1 N–H and O–H groups in total. The second kappa shape index (κ2) is 14.2. The number of hydrogen-bond donors (Lipinski definition) is 1. The van der Waals surface area contributed by atoms with Gasteiger partial charge in [-0.25, -0.2) is 8.42 Å². The highest BCUT2D eigenvalue weighted by Gasteiger charge is 2.51. The van der Waals surface area contributed by atoms with Crippen LogP contribution in [0.3, 0.4) is 0 Å². The molecule has 0 heterocycles. The zero-order valence-electron chi connectivity index (χ0n) is 28.3. The first-order valence-corrected chi connectivity index (χ1v) is 19.6. The normalized spacial score (nSPS) is 24.1. The molecule has 4 aliphatic rings. The van der Waals surface area contributed by atoms with Gasteiger partial charge in [0.25, 0.3) is 0 Å². The van der Waals surface area contributed by atoms with Crippen LogP contribution in [0.5, 0.6) is 0 Å². The molecule has 9 heteroatoms. The Balaban J connectivity index is 1.31. The van der Waals surface area contributed by atoms with E-state index >= 15 is 0 Å². The van der Waals surface area contributed by atoms with Gasteiger partial charge < -0.3 is 10.2 Å². The molecule has 48 heavy (non-hydrogen) atoms. The largest absolute Gasteiger partial charge is 0.352 e. The monoisotopic (exact) mass is 689 g/mol. The Labute approximate surface area is 291 Å². The first kappa shape index (κ1) is 34.5. The van der Waals surface area contributed by atoms with Gasteiger partial charge in [-0.3, -0.25) is 13.9 Å². The number of carbonyl (C=O) groups is 2. The van der Waals surface area contributed by atoms with Crippen molar-refractivity contribution >= 4 is 39.1 Å². The van der Waals surface area contributed by atoms with Gasteiger partial charge in [-0.1, -0.05) is 73.1 Å². The van der Waals surface area contributed by atoms with Crippen LogP contribution < -0.4 is 9.62 Å². The maximum atomic E-state index is 14.5. The van der Waals surface area contributed by atoms with E-state index in [1.54, 1.807) is 18.2 Å². The van der Waals surface area contributed by atoms with Crippen molar-refractivity contribution < 1.29 is 18.0 Å². The number of halogens is 1. The number of benzene rings is 3. The van der Waals surface area contributed by atoms with E-state index in [4.69, 9.17) is 11.6 Å². The number of sulfonamides is 1. The van der Waals surface area contributed by atoms with Crippen molar-refractivity contribution in [2.75, 3.05) is 17.1 Å². The van der Waals surface area contributed by atoms with Crippen LogP contribution >= 0.6 is 11.6 Å². The lowest BCUT2D eigenvalue weighted by atomic mass is 9.48. The molecule has 3 aromatic carbocycles. The molecule has 0 saturated heterocycles. The van der Waals surface area contributed by atoms with Crippen molar-refractivity contribution in [3.8, 4) is 0 Å². The Kier molecular flexibility index (Phi) is 10.2. The summed E-state index contributed by atoms with van der Waals surface area (Å²) in [6.07, 6.45) is 9.84. The summed E-state index contributed by atoms with van der Waals surface area (Å²) in [6, 6.07) is 23.7. The molecule has 0 radical (unpaired) electrons. The van der Waals surface area contributed by atoms with Crippen LogP contribution in [-0.2, 0) is 38.0 Å². The van der Waals surface area contributed by atoms with Crippen molar-refractivity contribution in [2.24, 2.45) is 17.8 Å². The highest BCUT2D eigenvalue weighted by Crippen LogP contribution is 2.60. The number of rotatable bonds is 13. The Morgan fingerprint density at radius 2 is 1.50 bits per heavy atom. The van der Waals surface area contributed by atoms with Crippen LogP contribution in [0.2, 0.25) is 5.02 Å². The van der Waals surface area contributed by atoms with E-state index in [9.17, 15) is 18.0 Å². The van der Waals surface area contributed by atoms with Gasteiger partial charge in [0, 0.05) is 24.0 Å². The summed E-state index contributed by atoms with van der Waals surface area (Å²) in [6.45, 7) is 3.58. The van der Waals surface area contributed by atoms with E-state index < -0.39 is 28.5 Å². The molecule has 256 valence electrons. The molecular weight excluding hydrogens is 642 g/mol. The summed E-state index contributed by atoms with van der Waals surface area (Å²) in [5.41, 5.74) is 3.56. The maximum absolute atomic E-state index is 14.5. The SMILES string of the molecule is CCC(C)NC(=O)C(Cc1ccccc1)N(Cc1cccc(Cl)c1)C(=O)CN(c1ccc(C23CC4CC(CC(C4)C2)C3)cc1)S(C)(=O)=O. The van der Waals surface area contributed by atoms with Gasteiger partial charge in [0.05, 0.1) is 11.9 Å². The van der Waals surface area contributed by atoms with Gasteiger partial charge in [0.15, 0.2) is 0 Å². The van der Waals surface area contributed by atoms with E-state index in [-0.39, 0.29) is 30.3 Å². The molecule has 0 aliphatic heterocycles.